The minimum atomic E-state index is -0.115. The zero-order chi connectivity index (χ0) is 9.59. The number of halogens is 2. The van der Waals surface area contributed by atoms with E-state index >= 15 is 0 Å². The summed E-state index contributed by atoms with van der Waals surface area (Å²) in [6.45, 7) is 0. The Kier molecular flexibility index (Phi) is 2.10. The van der Waals surface area contributed by atoms with Crippen LogP contribution >= 0.6 is 34.5 Å². The van der Waals surface area contributed by atoms with Crippen LogP contribution in [0.3, 0.4) is 0 Å². The fourth-order valence-corrected chi connectivity index (χ4v) is 2.64. The van der Waals surface area contributed by atoms with Crippen LogP contribution in [0.25, 0.3) is 10.2 Å². The fourth-order valence-electron chi connectivity index (χ4n) is 1.16. The van der Waals surface area contributed by atoms with Crippen LogP contribution in [0.15, 0.2) is 16.9 Å². The summed E-state index contributed by atoms with van der Waals surface area (Å²) in [5.41, 5.74) is -0.115. The van der Waals surface area contributed by atoms with Crippen LogP contribution in [0.2, 0.25) is 9.36 Å². The number of pyridine rings is 1. The maximum absolute atomic E-state index is 11.3. The molecule has 13 heavy (non-hydrogen) atoms. The molecule has 0 aliphatic rings. The van der Waals surface area contributed by atoms with Gasteiger partial charge in [-0.15, -0.1) is 11.3 Å². The van der Waals surface area contributed by atoms with Gasteiger partial charge in [0.15, 0.2) is 0 Å². The molecule has 5 heteroatoms. The summed E-state index contributed by atoms with van der Waals surface area (Å²) in [5, 5.41) is 1.29. The number of hydrogen-bond donors (Lipinski definition) is 0. The van der Waals surface area contributed by atoms with Gasteiger partial charge >= 0.3 is 0 Å². The van der Waals surface area contributed by atoms with Gasteiger partial charge in [0.25, 0.3) is 5.56 Å². The number of hydrogen-bond acceptors (Lipinski definition) is 2. The van der Waals surface area contributed by atoms with Crippen LogP contribution in [0.1, 0.15) is 0 Å². The lowest BCUT2D eigenvalue weighted by molar-refractivity contribution is 0.915. The molecule has 0 fully saturated rings. The van der Waals surface area contributed by atoms with Crippen molar-refractivity contribution in [2.24, 2.45) is 7.05 Å². The van der Waals surface area contributed by atoms with E-state index in [1.807, 2.05) is 0 Å². The molecule has 2 aromatic heterocycles. The second-order valence-electron chi connectivity index (χ2n) is 2.66. The summed E-state index contributed by atoms with van der Waals surface area (Å²) in [4.78, 5) is 12.1. The molecular weight excluding hydrogens is 229 g/mol. The van der Waals surface area contributed by atoms with E-state index in [-0.39, 0.29) is 5.56 Å². The molecule has 0 atom stereocenters. The number of aryl methyl sites for hydroxylation is 1. The van der Waals surface area contributed by atoms with Crippen molar-refractivity contribution in [1.29, 1.82) is 0 Å². The van der Waals surface area contributed by atoms with E-state index in [2.05, 4.69) is 0 Å². The molecule has 68 valence electrons. The zero-order valence-corrected chi connectivity index (χ0v) is 9.00. The Balaban J connectivity index is 3.04. The smallest absolute Gasteiger partial charge is 0.252 e. The molecule has 0 saturated carbocycles. The Bertz CT molecular complexity index is 529. The number of aromatic nitrogens is 1. The molecular formula is C8H5Cl2NOS. The maximum atomic E-state index is 11.3. The van der Waals surface area contributed by atoms with Gasteiger partial charge in [-0.3, -0.25) is 4.79 Å². The summed E-state index contributed by atoms with van der Waals surface area (Å²) in [6.07, 6.45) is 0. The largest absolute Gasteiger partial charge is 0.303 e. The third kappa shape index (κ3) is 1.37. The average Bonchev–Trinajstić information content (AvgIpc) is 2.44. The molecule has 0 spiro atoms. The van der Waals surface area contributed by atoms with Crippen molar-refractivity contribution in [3.63, 3.8) is 0 Å². The molecule has 0 saturated heterocycles. The summed E-state index contributed by atoms with van der Waals surface area (Å²) in [6, 6.07) is 3.16. The van der Waals surface area contributed by atoms with E-state index in [4.69, 9.17) is 23.2 Å². The Morgan fingerprint density at radius 2 is 2.08 bits per heavy atom. The lowest BCUT2D eigenvalue weighted by atomic mass is 10.3. The van der Waals surface area contributed by atoms with Crippen LogP contribution in [0.5, 0.6) is 0 Å². The van der Waals surface area contributed by atoms with Crippen LogP contribution in [-0.2, 0) is 7.05 Å². The molecule has 2 rings (SSSR count). The van der Waals surface area contributed by atoms with Gasteiger partial charge in [-0.2, -0.15) is 0 Å². The number of nitrogens with zero attached hydrogens (tertiary/aromatic N) is 1. The quantitative estimate of drug-likeness (QED) is 0.686. The SMILES string of the molecule is Cn1c(=O)cc(Cl)c2cc(Cl)sc21. The number of fused-ring (bicyclic) bond motifs is 1. The number of rotatable bonds is 0. The molecule has 0 aliphatic carbocycles. The molecule has 0 radical (unpaired) electrons. The van der Waals surface area contributed by atoms with Crippen LogP contribution in [0, 0.1) is 0 Å². The highest BCUT2D eigenvalue weighted by atomic mass is 35.5. The highest BCUT2D eigenvalue weighted by Gasteiger charge is 2.08. The lowest BCUT2D eigenvalue weighted by Crippen LogP contribution is -2.14. The standard InChI is InChI=1S/C8H5Cl2NOS/c1-11-7(12)3-5(9)4-2-6(10)13-8(4)11/h2-3H,1H3. The molecule has 0 N–H and O–H groups in total. The van der Waals surface area contributed by atoms with Crippen molar-refractivity contribution in [2.75, 3.05) is 0 Å². The van der Waals surface area contributed by atoms with Gasteiger partial charge in [-0.1, -0.05) is 23.2 Å². The molecule has 0 aliphatic heterocycles. The predicted octanol–water partition coefficient (Wildman–Crippen LogP) is 2.91. The molecule has 0 bridgehead atoms. The predicted molar refractivity (Wildman–Crippen MR) is 57.1 cm³/mol. The third-order valence-corrected chi connectivity index (χ3v) is 3.48. The summed E-state index contributed by atoms with van der Waals surface area (Å²) < 4.78 is 2.18. The normalized spacial score (nSPS) is 11.0. The molecule has 2 nitrogen and oxygen atoms in total. The van der Waals surface area contributed by atoms with Gasteiger partial charge in [0, 0.05) is 18.5 Å². The maximum Gasteiger partial charge on any atom is 0.252 e. The highest BCUT2D eigenvalue weighted by Crippen LogP contribution is 2.32. The van der Waals surface area contributed by atoms with Gasteiger partial charge in [-0.25, -0.2) is 0 Å². The molecule has 0 aromatic carbocycles. The summed E-state index contributed by atoms with van der Waals surface area (Å²) in [7, 11) is 1.70. The topological polar surface area (TPSA) is 22.0 Å². The van der Waals surface area contributed by atoms with E-state index in [1.165, 1.54) is 22.0 Å². The first-order valence-electron chi connectivity index (χ1n) is 3.54. The Morgan fingerprint density at radius 3 is 2.77 bits per heavy atom. The van der Waals surface area contributed by atoms with Crippen molar-refractivity contribution in [3.05, 3.63) is 31.8 Å². The molecule has 0 unspecified atom stereocenters. The van der Waals surface area contributed by atoms with Crippen molar-refractivity contribution in [2.45, 2.75) is 0 Å². The minimum absolute atomic E-state index is 0.115. The van der Waals surface area contributed by atoms with Crippen molar-refractivity contribution in [3.8, 4) is 0 Å². The third-order valence-electron chi connectivity index (χ3n) is 1.83. The highest BCUT2D eigenvalue weighted by molar-refractivity contribution is 7.22. The van der Waals surface area contributed by atoms with Gasteiger partial charge in [0.05, 0.1) is 9.36 Å². The Hall–Kier alpha value is -0.510. The zero-order valence-electron chi connectivity index (χ0n) is 6.67. The van der Waals surface area contributed by atoms with Crippen LogP contribution < -0.4 is 5.56 Å². The van der Waals surface area contributed by atoms with Crippen molar-refractivity contribution in [1.82, 2.24) is 4.57 Å². The Labute approximate surface area is 88.3 Å². The van der Waals surface area contributed by atoms with Crippen molar-refractivity contribution < 1.29 is 0 Å². The fraction of sp³-hybridized carbons (Fsp3) is 0.125. The summed E-state index contributed by atoms with van der Waals surface area (Å²) in [5.74, 6) is 0. The van der Waals surface area contributed by atoms with E-state index in [0.29, 0.717) is 9.36 Å². The number of thiophene rings is 1. The molecule has 0 amide bonds. The molecule has 2 heterocycles. The monoisotopic (exact) mass is 233 g/mol. The van der Waals surface area contributed by atoms with E-state index in [9.17, 15) is 4.79 Å². The van der Waals surface area contributed by atoms with E-state index in [1.54, 1.807) is 13.1 Å². The Morgan fingerprint density at radius 1 is 1.38 bits per heavy atom. The van der Waals surface area contributed by atoms with Gasteiger partial charge in [0.2, 0.25) is 0 Å². The van der Waals surface area contributed by atoms with Crippen LogP contribution in [0.4, 0.5) is 0 Å². The first kappa shape index (κ1) is 9.06. The second-order valence-corrected chi connectivity index (χ2v) is 4.73. The summed E-state index contributed by atoms with van der Waals surface area (Å²) >= 11 is 13.1. The average molecular weight is 234 g/mol. The van der Waals surface area contributed by atoms with Gasteiger partial charge < -0.3 is 4.57 Å². The first-order valence-corrected chi connectivity index (χ1v) is 5.11. The second kappa shape index (κ2) is 3.01. The lowest BCUT2D eigenvalue weighted by Gasteiger charge is -1.99. The molecule has 2 aromatic rings. The van der Waals surface area contributed by atoms with Crippen molar-refractivity contribution >= 4 is 44.8 Å². The van der Waals surface area contributed by atoms with Gasteiger partial charge in [0.1, 0.15) is 4.83 Å². The minimum Gasteiger partial charge on any atom is -0.303 e. The van der Waals surface area contributed by atoms with Crippen LogP contribution in [-0.4, -0.2) is 4.57 Å². The van der Waals surface area contributed by atoms with E-state index in [0.717, 1.165) is 10.2 Å². The van der Waals surface area contributed by atoms with E-state index < -0.39 is 0 Å². The van der Waals surface area contributed by atoms with Gasteiger partial charge in [-0.05, 0) is 6.07 Å². The first-order chi connectivity index (χ1) is 6.09.